The Kier molecular flexibility index (Phi) is 5.83. The third-order valence-corrected chi connectivity index (χ3v) is 5.51. The van der Waals surface area contributed by atoms with E-state index in [0.717, 1.165) is 6.07 Å². The quantitative estimate of drug-likeness (QED) is 0.629. The third-order valence-electron chi connectivity index (χ3n) is 4.90. The van der Waals surface area contributed by atoms with Gasteiger partial charge in [-0.2, -0.15) is 0 Å². The molecular weight excluding hydrogens is 379 g/mol. The maximum atomic E-state index is 14.0. The molecule has 6 heteroatoms. The number of para-hydroxylation sites is 1. The highest BCUT2D eigenvalue weighted by molar-refractivity contribution is 6.40. The first-order valence-electron chi connectivity index (χ1n) is 8.60. The largest absolute Gasteiger partial charge is 0.309 e. The zero-order valence-electron chi connectivity index (χ0n) is 14.3. The van der Waals surface area contributed by atoms with E-state index in [4.69, 9.17) is 23.2 Å². The van der Waals surface area contributed by atoms with E-state index in [2.05, 4.69) is 0 Å². The summed E-state index contributed by atoms with van der Waals surface area (Å²) < 4.78 is 27.2. The average Bonchev–Trinajstić information content (AvgIpc) is 2.59. The highest BCUT2D eigenvalue weighted by Gasteiger charge is 2.36. The lowest BCUT2D eigenvalue weighted by Gasteiger charge is -2.38. The Balaban J connectivity index is 1.90. The number of piperidine rings is 1. The topological polar surface area (TPSA) is 20.3 Å². The van der Waals surface area contributed by atoms with Crippen LogP contribution < -0.4 is 4.90 Å². The molecule has 26 heavy (non-hydrogen) atoms. The molecule has 1 heterocycles. The van der Waals surface area contributed by atoms with E-state index in [1.165, 1.54) is 12.1 Å². The van der Waals surface area contributed by atoms with Crippen LogP contribution >= 0.6 is 23.2 Å². The van der Waals surface area contributed by atoms with Gasteiger partial charge >= 0.3 is 0 Å². The van der Waals surface area contributed by atoms with Crippen LogP contribution in [-0.4, -0.2) is 12.5 Å². The Morgan fingerprint density at radius 1 is 1.15 bits per heavy atom. The molecule has 1 saturated heterocycles. The van der Waals surface area contributed by atoms with Gasteiger partial charge in [0, 0.05) is 18.5 Å². The normalized spacial score (nSPS) is 20.5. The minimum Gasteiger partial charge on any atom is -0.309 e. The van der Waals surface area contributed by atoms with Crippen molar-refractivity contribution in [1.29, 1.82) is 0 Å². The van der Waals surface area contributed by atoms with E-state index < -0.39 is 11.6 Å². The van der Waals surface area contributed by atoms with Gasteiger partial charge in [0.15, 0.2) is 0 Å². The number of carbonyl (C=O) groups excluding carboxylic acids is 1. The molecule has 2 unspecified atom stereocenters. The first-order chi connectivity index (χ1) is 12.4. The van der Waals surface area contributed by atoms with Crippen LogP contribution in [0, 0.1) is 23.5 Å². The summed E-state index contributed by atoms with van der Waals surface area (Å²) in [5.41, 5.74) is 0.953. The van der Waals surface area contributed by atoms with Gasteiger partial charge in [-0.3, -0.25) is 4.79 Å². The van der Waals surface area contributed by atoms with Crippen molar-refractivity contribution in [1.82, 2.24) is 0 Å². The van der Waals surface area contributed by atoms with E-state index >= 15 is 0 Å². The van der Waals surface area contributed by atoms with Crippen LogP contribution in [0.5, 0.6) is 0 Å². The first kappa shape index (κ1) is 19.1. The molecule has 0 saturated carbocycles. The van der Waals surface area contributed by atoms with Gasteiger partial charge in [-0.1, -0.05) is 42.3 Å². The third kappa shape index (κ3) is 3.86. The van der Waals surface area contributed by atoms with Crippen LogP contribution in [0.4, 0.5) is 14.5 Å². The lowest BCUT2D eigenvalue weighted by atomic mass is 9.83. The van der Waals surface area contributed by atoms with Crippen molar-refractivity contribution in [3.63, 3.8) is 0 Å². The number of nitrogens with zero attached hydrogens (tertiary/aromatic N) is 1. The highest BCUT2D eigenvalue weighted by Crippen LogP contribution is 2.39. The van der Waals surface area contributed by atoms with Crippen molar-refractivity contribution in [3.8, 4) is 0 Å². The number of hydrogen-bond acceptors (Lipinski definition) is 1. The van der Waals surface area contributed by atoms with E-state index in [-0.39, 0.29) is 17.7 Å². The molecule has 1 aliphatic heterocycles. The summed E-state index contributed by atoms with van der Waals surface area (Å²) in [5.74, 6) is -1.31. The molecular formula is C20H19Cl2F2NO. The monoisotopic (exact) mass is 397 g/mol. The summed E-state index contributed by atoms with van der Waals surface area (Å²) in [4.78, 5) is 14.5. The number of hydrogen-bond donors (Lipinski definition) is 0. The molecule has 138 valence electrons. The van der Waals surface area contributed by atoms with E-state index in [1.807, 2.05) is 6.92 Å². The molecule has 0 N–H and O–H groups in total. The van der Waals surface area contributed by atoms with E-state index in [9.17, 15) is 13.6 Å². The van der Waals surface area contributed by atoms with Crippen molar-refractivity contribution >= 4 is 34.8 Å². The minimum atomic E-state index is -0.596. The number of rotatable bonds is 4. The van der Waals surface area contributed by atoms with Crippen molar-refractivity contribution in [2.75, 3.05) is 11.4 Å². The summed E-state index contributed by atoms with van der Waals surface area (Å²) in [6.45, 7) is 2.35. The second-order valence-electron chi connectivity index (χ2n) is 6.67. The smallest absolute Gasteiger partial charge is 0.230 e. The maximum absolute atomic E-state index is 14.0. The lowest BCUT2D eigenvalue weighted by molar-refractivity contribution is -0.124. The molecule has 2 aromatic rings. The van der Waals surface area contributed by atoms with Crippen LogP contribution in [0.1, 0.15) is 25.3 Å². The molecule has 0 aromatic heterocycles. The molecule has 1 fully saturated rings. The van der Waals surface area contributed by atoms with Gasteiger partial charge < -0.3 is 4.90 Å². The van der Waals surface area contributed by atoms with Crippen LogP contribution in [-0.2, 0) is 11.2 Å². The van der Waals surface area contributed by atoms with Crippen molar-refractivity contribution in [2.24, 2.45) is 11.8 Å². The fourth-order valence-electron chi connectivity index (χ4n) is 3.58. The SMILES string of the molecule is CCC1CC(Cc2ccc(F)cc2F)CN(c2c(Cl)cccc2Cl)C1=O. The summed E-state index contributed by atoms with van der Waals surface area (Å²) >= 11 is 12.6. The molecule has 3 rings (SSSR count). The molecule has 1 aliphatic rings. The summed E-state index contributed by atoms with van der Waals surface area (Å²) in [6.07, 6.45) is 1.76. The fraction of sp³-hybridized carbons (Fsp3) is 0.350. The van der Waals surface area contributed by atoms with Gasteiger partial charge in [0.2, 0.25) is 5.91 Å². The number of anilines is 1. The molecule has 2 aromatic carbocycles. The van der Waals surface area contributed by atoms with Gasteiger partial charge in [0.1, 0.15) is 11.6 Å². The zero-order chi connectivity index (χ0) is 18.8. The predicted octanol–water partition coefficient (Wildman–Crippen LogP) is 5.89. The van der Waals surface area contributed by atoms with Crippen LogP contribution in [0.3, 0.4) is 0 Å². The fourth-order valence-corrected chi connectivity index (χ4v) is 4.18. The number of benzene rings is 2. The summed E-state index contributed by atoms with van der Waals surface area (Å²) in [6, 6.07) is 8.73. The second-order valence-corrected chi connectivity index (χ2v) is 7.48. The average molecular weight is 398 g/mol. The number of amides is 1. The van der Waals surface area contributed by atoms with Crippen molar-refractivity contribution in [2.45, 2.75) is 26.2 Å². The maximum Gasteiger partial charge on any atom is 0.230 e. The molecule has 1 amide bonds. The van der Waals surface area contributed by atoms with E-state index in [0.29, 0.717) is 47.1 Å². The Morgan fingerprint density at radius 2 is 1.85 bits per heavy atom. The van der Waals surface area contributed by atoms with E-state index in [1.54, 1.807) is 23.1 Å². The lowest BCUT2D eigenvalue weighted by Crippen LogP contribution is -2.46. The van der Waals surface area contributed by atoms with Crippen LogP contribution in [0.2, 0.25) is 10.0 Å². The van der Waals surface area contributed by atoms with Gasteiger partial charge in [0.25, 0.3) is 0 Å². The Labute approximate surface area is 161 Å². The van der Waals surface area contributed by atoms with Gasteiger partial charge in [-0.05, 0) is 48.9 Å². The minimum absolute atomic E-state index is 0.0154. The van der Waals surface area contributed by atoms with Crippen LogP contribution in [0.25, 0.3) is 0 Å². The van der Waals surface area contributed by atoms with Gasteiger partial charge in [0.05, 0.1) is 15.7 Å². The van der Waals surface area contributed by atoms with Crippen molar-refractivity contribution in [3.05, 3.63) is 63.6 Å². The standard InChI is InChI=1S/C20H19Cl2F2NO/c1-2-13-8-12(9-14-6-7-15(23)10-18(14)24)11-25(20(13)26)19-16(21)4-3-5-17(19)22/h3-7,10,12-13H,2,8-9,11H2,1H3. The molecule has 0 bridgehead atoms. The molecule has 0 spiro atoms. The Morgan fingerprint density at radius 3 is 2.46 bits per heavy atom. The summed E-state index contributed by atoms with van der Waals surface area (Å²) in [7, 11) is 0. The number of halogens is 4. The first-order valence-corrected chi connectivity index (χ1v) is 9.35. The Hall–Kier alpha value is -1.65. The predicted molar refractivity (Wildman–Crippen MR) is 101 cm³/mol. The molecule has 2 nitrogen and oxygen atoms in total. The number of carbonyl (C=O) groups is 1. The molecule has 2 atom stereocenters. The van der Waals surface area contributed by atoms with Gasteiger partial charge in [-0.15, -0.1) is 0 Å². The zero-order valence-corrected chi connectivity index (χ0v) is 15.8. The Bertz CT molecular complexity index is 807. The molecule has 0 radical (unpaired) electrons. The molecule has 0 aliphatic carbocycles. The van der Waals surface area contributed by atoms with Crippen molar-refractivity contribution < 1.29 is 13.6 Å². The second kappa shape index (κ2) is 7.93. The highest BCUT2D eigenvalue weighted by atomic mass is 35.5. The summed E-state index contributed by atoms with van der Waals surface area (Å²) in [5, 5.41) is 0.823. The van der Waals surface area contributed by atoms with Crippen LogP contribution in [0.15, 0.2) is 36.4 Å². The van der Waals surface area contributed by atoms with Gasteiger partial charge in [-0.25, -0.2) is 8.78 Å².